The predicted octanol–water partition coefficient (Wildman–Crippen LogP) is 0.602. The van der Waals surface area contributed by atoms with E-state index >= 15 is 0 Å². The Balaban J connectivity index is 1.75. The van der Waals surface area contributed by atoms with Crippen molar-refractivity contribution < 1.29 is 4.79 Å². The number of hydrogen-bond acceptors (Lipinski definition) is 5. The molecule has 0 spiro atoms. The van der Waals surface area contributed by atoms with Crippen molar-refractivity contribution in [2.75, 3.05) is 5.75 Å². The molecule has 3 N–H and O–H groups in total. The lowest BCUT2D eigenvalue weighted by Gasteiger charge is -2.31. The van der Waals surface area contributed by atoms with Gasteiger partial charge in [0.25, 0.3) is 0 Å². The van der Waals surface area contributed by atoms with E-state index in [0.717, 1.165) is 36.7 Å². The molecule has 2 aliphatic rings. The van der Waals surface area contributed by atoms with Crippen LogP contribution in [0.5, 0.6) is 0 Å². The Labute approximate surface area is 122 Å². The number of aromatic nitrogens is 3. The van der Waals surface area contributed by atoms with Gasteiger partial charge in [0.05, 0.1) is 0 Å². The molecule has 1 amide bonds. The van der Waals surface area contributed by atoms with E-state index in [1.54, 1.807) is 11.8 Å². The molecule has 1 heterocycles. The Bertz CT molecular complexity index is 523. The first-order chi connectivity index (χ1) is 9.53. The van der Waals surface area contributed by atoms with Gasteiger partial charge >= 0.3 is 0 Å². The maximum absolute atomic E-state index is 12.1. The summed E-state index contributed by atoms with van der Waals surface area (Å²) < 4.78 is 1.94. The van der Waals surface area contributed by atoms with E-state index in [1.807, 2.05) is 18.5 Å². The number of primary amides is 1. The standard InChI is InChI=1S/C13H21N5OS/c1-8-16-17-12(18(8)2)20-7-13(11(14)19,9-3-4-9)15-10-5-6-10/h9-10,15H,3-7H2,1-2H3,(H2,14,19). The molecular weight excluding hydrogens is 274 g/mol. The number of carbonyl (C=O) groups excluding carboxylic acids is 1. The van der Waals surface area contributed by atoms with Crippen molar-refractivity contribution >= 4 is 17.7 Å². The van der Waals surface area contributed by atoms with Gasteiger partial charge in [-0.1, -0.05) is 11.8 Å². The Morgan fingerprint density at radius 3 is 2.60 bits per heavy atom. The Morgan fingerprint density at radius 2 is 2.15 bits per heavy atom. The predicted molar refractivity (Wildman–Crippen MR) is 77.3 cm³/mol. The van der Waals surface area contributed by atoms with Crippen molar-refractivity contribution in [2.24, 2.45) is 18.7 Å². The average Bonchev–Trinajstić information content (AvgIpc) is 3.29. The van der Waals surface area contributed by atoms with E-state index in [1.165, 1.54) is 0 Å². The molecule has 2 aliphatic carbocycles. The molecule has 3 rings (SSSR count). The average molecular weight is 295 g/mol. The fraction of sp³-hybridized carbons (Fsp3) is 0.769. The van der Waals surface area contributed by atoms with Crippen LogP contribution in [-0.4, -0.2) is 38.0 Å². The van der Waals surface area contributed by atoms with Crippen LogP contribution >= 0.6 is 11.8 Å². The highest BCUT2D eigenvalue weighted by molar-refractivity contribution is 7.99. The first-order valence-corrected chi connectivity index (χ1v) is 8.08. The Kier molecular flexibility index (Phi) is 3.50. The van der Waals surface area contributed by atoms with E-state index < -0.39 is 5.54 Å². The molecule has 6 nitrogen and oxygen atoms in total. The van der Waals surface area contributed by atoms with Crippen molar-refractivity contribution in [3.05, 3.63) is 5.82 Å². The van der Waals surface area contributed by atoms with Crippen molar-refractivity contribution in [3.8, 4) is 0 Å². The molecule has 0 aromatic carbocycles. The molecule has 7 heteroatoms. The molecular formula is C13H21N5OS. The number of carbonyl (C=O) groups is 1. The van der Waals surface area contributed by atoms with Gasteiger partial charge in [0.2, 0.25) is 5.91 Å². The minimum Gasteiger partial charge on any atom is -0.368 e. The fourth-order valence-corrected chi connectivity index (χ4v) is 3.72. The van der Waals surface area contributed by atoms with Gasteiger partial charge in [-0.2, -0.15) is 0 Å². The SMILES string of the molecule is Cc1nnc(SCC(NC2CC2)(C(N)=O)C2CC2)n1C. The van der Waals surface area contributed by atoms with Crippen LogP contribution in [0.4, 0.5) is 0 Å². The first-order valence-electron chi connectivity index (χ1n) is 7.09. The van der Waals surface area contributed by atoms with Gasteiger partial charge < -0.3 is 10.3 Å². The highest BCUT2D eigenvalue weighted by Crippen LogP contribution is 2.43. The number of aryl methyl sites for hydroxylation is 1. The van der Waals surface area contributed by atoms with Crippen molar-refractivity contribution in [1.82, 2.24) is 20.1 Å². The van der Waals surface area contributed by atoms with Gasteiger partial charge in [0.15, 0.2) is 5.16 Å². The van der Waals surface area contributed by atoms with Gasteiger partial charge in [-0.05, 0) is 38.5 Å². The van der Waals surface area contributed by atoms with Crippen LogP contribution in [0.15, 0.2) is 5.16 Å². The smallest absolute Gasteiger partial charge is 0.238 e. The third kappa shape index (κ3) is 2.56. The number of nitrogens with two attached hydrogens (primary N) is 1. The van der Waals surface area contributed by atoms with Crippen molar-refractivity contribution in [3.63, 3.8) is 0 Å². The second-order valence-electron chi connectivity index (χ2n) is 5.91. The van der Waals surface area contributed by atoms with Crippen molar-refractivity contribution in [1.29, 1.82) is 0 Å². The van der Waals surface area contributed by atoms with E-state index in [4.69, 9.17) is 5.73 Å². The minimum atomic E-state index is -0.578. The summed E-state index contributed by atoms with van der Waals surface area (Å²) in [6, 6.07) is 0.463. The van der Waals surface area contributed by atoms with Crippen LogP contribution in [0.2, 0.25) is 0 Å². The zero-order valence-corrected chi connectivity index (χ0v) is 12.7. The molecule has 110 valence electrons. The number of hydrogen-bond donors (Lipinski definition) is 2. The summed E-state index contributed by atoms with van der Waals surface area (Å²) in [5, 5.41) is 12.5. The zero-order valence-electron chi connectivity index (χ0n) is 11.9. The molecule has 0 bridgehead atoms. The normalized spacial score (nSPS) is 21.7. The quantitative estimate of drug-likeness (QED) is 0.720. The molecule has 1 aromatic heterocycles. The fourth-order valence-electron chi connectivity index (χ4n) is 2.48. The van der Waals surface area contributed by atoms with E-state index in [0.29, 0.717) is 17.7 Å². The van der Waals surface area contributed by atoms with Gasteiger partial charge in [0, 0.05) is 18.8 Å². The third-order valence-electron chi connectivity index (χ3n) is 4.23. The van der Waals surface area contributed by atoms with Crippen molar-refractivity contribution in [2.45, 2.75) is 49.3 Å². The highest BCUT2D eigenvalue weighted by atomic mass is 32.2. The number of amides is 1. The topological polar surface area (TPSA) is 85.8 Å². The number of nitrogens with one attached hydrogen (secondary N) is 1. The molecule has 0 aliphatic heterocycles. The number of thioether (sulfide) groups is 1. The lowest BCUT2D eigenvalue weighted by molar-refractivity contribution is -0.124. The van der Waals surface area contributed by atoms with Crippen LogP contribution in [-0.2, 0) is 11.8 Å². The van der Waals surface area contributed by atoms with Gasteiger partial charge in [0.1, 0.15) is 11.4 Å². The molecule has 2 fully saturated rings. The molecule has 0 radical (unpaired) electrons. The molecule has 20 heavy (non-hydrogen) atoms. The zero-order chi connectivity index (χ0) is 14.3. The Morgan fingerprint density at radius 1 is 1.45 bits per heavy atom. The van der Waals surface area contributed by atoms with E-state index in [9.17, 15) is 4.79 Å². The summed E-state index contributed by atoms with van der Waals surface area (Å²) >= 11 is 1.57. The minimum absolute atomic E-state index is 0.224. The molecule has 0 saturated heterocycles. The first kappa shape index (κ1) is 13.9. The lowest BCUT2D eigenvalue weighted by Crippen LogP contribution is -2.60. The molecule has 1 atom stereocenters. The number of nitrogens with zero attached hydrogens (tertiary/aromatic N) is 3. The molecule has 1 aromatic rings. The molecule has 1 unspecified atom stereocenters. The van der Waals surface area contributed by atoms with E-state index in [2.05, 4.69) is 15.5 Å². The van der Waals surface area contributed by atoms with Gasteiger partial charge in [-0.25, -0.2) is 0 Å². The summed E-state index contributed by atoms with van der Waals surface area (Å²) in [7, 11) is 1.94. The molecule has 2 saturated carbocycles. The monoisotopic (exact) mass is 295 g/mol. The maximum Gasteiger partial charge on any atom is 0.238 e. The van der Waals surface area contributed by atoms with Crippen LogP contribution in [0, 0.1) is 12.8 Å². The summed E-state index contributed by atoms with van der Waals surface area (Å²) in [6.45, 7) is 1.92. The van der Waals surface area contributed by atoms with Crippen LogP contribution < -0.4 is 11.1 Å². The van der Waals surface area contributed by atoms with E-state index in [-0.39, 0.29) is 5.91 Å². The second kappa shape index (κ2) is 5.04. The lowest BCUT2D eigenvalue weighted by atomic mass is 9.94. The summed E-state index contributed by atoms with van der Waals surface area (Å²) in [5.74, 6) is 1.66. The maximum atomic E-state index is 12.1. The van der Waals surface area contributed by atoms with Gasteiger partial charge in [-0.15, -0.1) is 10.2 Å². The largest absolute Gasteiger partial charge is 0.368 e. The third-order valence-corrected chi connectivity index (χ3v) is 5.45. The van der Waals surface area contributed by atoms with Gasteiger partial charge in [-0.3, -0.25) is 10.1 Å². The second-order valence-corrected chi connectivity index (χ2v) is 6.85. The van der Waals surface area contributed by atoms with Crippen LogP contribution in [0.1, 0.15) is 31.5 Å². The summed E-state index contributed by atoms with van der Waals surface area (Å²) in [6.07, 6.45) is 4.47. The van der Waals surface area contributed by atoms with Crippen LogP contribution in [0.3, 0.4) is 0 Å². The van der Waals surface area contributed by atoms with Crippen LogP contribution in [0.25, 0.3) is 0 Å². The Hall–Kier alpha value is -1.08. The highest BCUT2D eigenvalue weighted by Gasteiger charge is 2.52. The summed E-state index contributed by atoms with van der Waals surface area (Å²) in [4.78, 5) is 12.1. The summed E-state index contributed by atoms with van der Waals surface area (Å²) in [5.41, 5.74) is 5.16. The number of rotatable bonds is 7.